The molecule has 1 amide bonds. The molecule has 2 rings (SSSR count). The molecule has 1 saturated heterocycles. The van der Waals surface area contributed by atoms with Gasteiger partial charge in [-0.05, 0) is 38.3 Å². The number of hydrogen-bond acceptors (Lipinski definition) is 4. The van der Waals surface area contributed by atoms with Crippen molar-refractivity contribution < 1.29 is 9.72 Å². The first-order valence-corrected chi connectivity index (χ1v) is 6.88. The van der Waals surface area contributed by atoms with Crippen LogP contribution in [0, 0.1) is 10.1 Å². The molecule has 1 heterocycles. The third kappa shape index (κ3) is 3.46. The van der Waals surface area contributed by atoms with Crippen LogP contribution in [0.2, 0.25) is 0 Å². The second-order valence-corrected chi connectivity index (χ2v) is 5.06. The molecule has 1 atom stereocenters. The summed E-state index contributed by atoms with van der Waals surface area (Å²) in [5.41, 5.74) is 0.763. The molecular weight excluding hydrogens is 258 g/mol. The van der Waals surface area contributed by atoms with Gasteiger partial charge in [0.2, 0.25) is 5.91 Å². The average molecular weight is 277 g/mol. The van der Waals surface area contributed by atoms with E-state index in [1.54, 1.807) is 12.1 Å². The Hall–Kier alpha value is -2.11. The zero-order chi connectivity index (χ0) is 14.5. The van der Waals surface area contributed by atoms with Crippen LogP contribution in [-0.4, -0.2) is 34.9 Å². The van der Waals surface area contributed by atoms with Gasteiger partial charge in [0.05, 0.1) is 4.92 Å². The molecule has 1 aromatic rings. The zero-order valence-electron chi connectivity index (χ0n) is 11.5. The van der Waals surface area contributed by atoms with E-state index in [1.807, 2.05) is 11.8 Å². The summed E-state index contributed by atoms with van der Waals surface area (Å²) in [5, 5.41) is 13.7. The summed E-state index contributed by atoms with van der Waals surface area (Å²) in [6.45, 7) is 3.47. The normalized spacial score (nSPS) is 16.6. The molecule has 1 unspecified atom stereocenters. The molecule has 0 saturated carbocycles. The van der Waals surface area contributed by atoms with Gasteiger partial charge in [0, 0.05) is 30.9 Å². The number of nitro groups is 1. The summed E-state index contributed by atoms with van der Waals surface area (Å²) < 4.78 is 0. The van der Waals surface area contributed by atoms with Crippen LogP contribution >= 0.6 is 0 Å². The van der Waals surface area contributed by atoms with Gasteiger partial charge in [-0.1, -0.05) is 0 Å². The molecule has 1 aliphatic rings. The highest BCUT2D eigenvalue weighted by molar-refractivity contribution is 5.84. The molecule has 6 heteroatoms. The number of hydrogen-bond donors (Lipinski definition) is 1. The topological polar surface area (TPSA) is 75.5 Å². The third-order valence-electron chi connectivity index (χ3n) is 3.50. The van der Waals surface area contributed by atoms with Crippen LogP contribution in [-0.2, 0) is 4.79 Å². The molecule has 1 fully saturated rings. The Kier molecular flexibility index (Phi) is 4.55. The van der Waals surface area contributed by atoms with E-state index < -0.39 is 4.92 Å². The number of nitrogens with one attached hydrogen (secondary N) is 1. The standard InChI is InChI=1S/C14H19N3O3/c1-11(14(18)16-9-3-2-4-10-16)15-12-5-7-13(8-6-12)17(19)20/h5-8,11,15H,2-4,9-10H2,1H3. The summed E-state index contributed by atoms with van der Waals surface area (Å²) in [6, 6.07) is 5.78. The number of carbonyl (C=O) groups is 1. The van der Waals surface area contributed by atoms with E-state index in [-0.39, 0.29) is 17.6 Å². The number of benzene rings is 1. The fraction of sp³-hybridized carbons (Fsp3) is 0.500. The second kappa shape index (κ2) is 6.36. The van der Waals surface area contributed by atoms with Crippen LogP contribution in [0.15, 0.2) is 24.3 Å². The highest BCUT2D eigenvalue weighted by Crippen LogP contribution is 2.17. The van der Waals surface area contributed by atoms with E-state index in [1.165, 1.54) is 18.6 Å². The molecule has 0 spiro atoms. The number of nitrogens with zero attached hydrogens (tertiary/aromatic N) is 2. The molecule has 108 valence electrons. The predicted octanol–water partition coefficient (Wildman–Crippen LogP) is 2.41. The van der Waals surface area contributed by atoms with E-state index in [9.17, 15) is 14.9 Å². The maximum atomic E-state index is 12.2. The maximum absolute atomic E-state index is 12.2. The minimum atomic E-state index is -0.438. The second-order valence-electron chi connectivity index (χ2n) is 5.06. The minimum Gasteiger partial charge on any atom is -0.374 e. The Morgan fingerprint density at radius 1 is 1.25 bits per heavy atom. The van der Waals surface area contributed by atoms with Crippen molar-refractivity contribution in [1.82, 2.24) is 4.90 Å². The monoisotopic (exact) mass is 277 g/mol. The molecule has 0 aromatic heterocycles. The number of anilines is 1. The van der Waals surface area contributed by atoms with Gasteiger partial charge in [-0.2, -0.15) is 0 Å². The fourth-order valence-corrected chi connectivity index (χ4v) is 2.38. The van der Waals surface area contributed by atoms with Crippen LogP contribution in [0.5, 0.6) is 0 Å². The molecule has 20 heavy (non-hydrogen) atoms. The van der Waals surface area contributed by atoms with Gasteiger partial charge in [0.25, 0.3) is 5.69 Å². The SMILES string of the molecule is CC(Nc1ccc([N+](=O)[O-])cc1)C(=O)N1CCCCC1. The van der Waals surface area contributed by atoms with Crippen LogP contribution in [0.1, 0.15) is 26.2 Å². The van der Waals surface area contributed by atoms with Gasteiger partial charge in [-0.3, -0.25) is 14.9 Å². The Bertz CT molecular complexity index is 481. The van der Waals surface area contributed by atoms with Crippen molar-refractivity contribution in [2.24, 2.45) is 0 Å². The van der Waals surface area contributed by atoms with Gasteiger partial charge in [-0.15, -0.1) is 0 Å². The Balaban J connectivity index is 1.94. The number of likely N-dealkylation sites (tertiary alicyclic amines) is 1. The molecule has 6 nitrogen and oxygen atoms in total. The highest BCUT2D eigenvalue weighted by atomic mass is 16.6. The molecule has 1 aliphatic heterocycles. The minimum absolute atomic E-state index is 0.0468. The molecule has 1 aromatic carbocycles. The fourth-order valence-electron chi connectivity index (χ4n) is 2.38. The highest BCUT2D eigenvalue weighted by Gasteiger charge is 2.21. The molecule has 1 N–H and O–H groups in total. The Morgan fingerprint density at radius 2 is 1.85 bits per heavy atom. The van der Waals surface area contributed by atoms with Crippen LogP contribution in [0.25, 0.3) is 0 Å². The zero-order valence-corrected chi connectivity index (χ0v) is 11.5. The van der Waals surface area contributed by atoms with Gasteiger partial charge < -0.3 is 10.2 Å². The van der Waals surface area contributed by atoms with Gasteiger partial charge >= 0.3 is 0 Å². The third-order valence-corrected chi connectivity index (χ3v) is 3.50. The van der Waals surface area contributed by atoms with E-state index in [0.717, 1.165) is 25.9 Å². The average Bonchev–Trinajstić information content (AvgIpc) is 2.48. The van der Waals surface area contributed by atoms with Crippen molar-refractivity contribution in [2.75, 3.05) is 18.4 Å². The predicted molar refractivity (Wildman–Crippen MR) is 76.6 cm³/mol. The molecular formula is C14H19N3O3. The van der Waals surface area contributed by atoms with Crippen molar-refractivity contribution in [1.29, 1.82) is 0 Å². The first-order valence-electron chi connectivity index (χ1n) is 6.88. The Morgan fingerprint density at radius 3 is 2.40 bits per heavy atom. The smallest absolute Gasteiger partial charge is 0.269 e. The summed E-state index contributed by atoms with van der Waals surface area (Å²) >= 11 is 0. The number of nitro benzene ring substituents is 1. The van der Waals surface area contributed by atoms with Crippen molar-refractivity contribution in [3.8, 4) is 0 Å². The van der Waals surface area contributed by atoms with Gasteiger partial charge in [-0.25, -0.2) is 0 Å². The summed E-state index contributed by atoms with van der Waals surface area (Å²) in [7, 11) is 0. The number of non-ortho nitro benzene ring substituents is 1. The quantitative estimate of drug-likeness (QED) is 0.677. The summed E-state index contributed by atoms with van der Waals surface area (Å²) in [6.07, 6.45) is 3.32. The van der Waals surface area contributed by atoms with Gasteiger partial charge in [0.15, 0.2) is 0 Å². The van der Waals surface area contributed by atoms with E-state index in [4.69, 9.17) is 0 Å². The summed E-state index contributed by atoms with van der Waals surface area (Å²) in [4.78, 5) is 24.2. The van der Waals surface area contributed by atoms with Crippen molar-refractivity contribution in [3.63, 3.8) is 0 Å². The van der Waals surface area contributed by atoms with Crippen LogP contribution < -0.4 is 5.32 Å². The molecule has 0 radical (unpaired) electrons. The lowest BCUT2D eigenvalue weighted by Gasteiger charge is -2.29. The lowest BCUT2D eigenvalue weighted by Crippen LogP contribution is -2.43. The van der Waals surface area contributed by atoms with Crippen LogP contribution in [0.3, 0.4) is 0 Å². The lowest BCUT2D eigenvalue weighted by atomic mass is 10.1. The van der Waals surface area contributed by atoms with Crippen LogP contribution in [0.4, 0.5) is 11.4 Å². The number of carbonyl (C=O) groups excluding carboxylic acids is 1. The number of piperidine rings is 1. The Labute approximate surface area is 117 Å². The largest absolute Gasteiger partial charge is 0.374 e. The van der Waals surface area contributed by atoms with E-state index in [2.05, 4.69) is 5.32 Å². The first-order chi connectivity index (χ1) is 9.58. The van der Waals surface area contributed by atoms with E-state index in [0.29, 0.717) is 5.69 Å². The van der Waals surface area contributed by atoms with Crippen molar-refractivity contribution in [3.05, 3.63) is 34.4 Å². The maximum Gasteiger partial charge on any atom is 0.269 e. The van der Waals surface area contributed by atoms with Crippen molar-refractivity contribution in [2.45, 2.75) is 32.2 Å². The van der Waals surface area contributed by atoms with Crippen molar-refractivity contribution >= 4 is 17.3 Å². The summed E-state index contributed by atoms with van der Waals surface area (Å²) in [5.74, 6) is 0.0862. The molecule has 0 bridgehead atoms. The lowest BCUT2D eigenvalue weighted by molar-refractivity contribution is -0.384. The van der Waals surface area contributed by atoms with Gasteiger partial charge in [0.1, 0.15) is 6.04 Å². The number of rotatable bonds is 4. The first kappa shape index (κ1) is 14.3. The van der Waals surface area contributed by atoms with E-state index >= 15 is 0 Å². The number of amides is 1. The molecule has 0 aliphatic carbocycles.